The zero-order valence-electron chi connectivity index (χ0n) is 15.3. The molecule has 1 aromatic carbocycles. The van der Waals surface area contributed by atoms with Crippen molar-refractivity contribution in [3.05, 3.63) is 54.2 Å². The molecule has 8 nitrogen and oxygen atoms in total. The number of carbonyl (C=O) groups is 1. The summed E-state index contributed by atoms with van der Waals surface area (Å²) in [7, 11) is 1.80. The topological polar surface area (TPSA) is 97.9 Å². The maximum atomic E-state index is 12.4. The summed E-state index contributed by atoms with van der Waals surface area (Å²) in [4.78, 5) is 22.5. The highest BCUT2D eigenvalue weighted by molar-refractivity contribution is 7.00. The van der Waals surface area contributed by atoms with Crippen molar-refractivity contribution in [2.24, 2.45) is 0 Å². The van der Waals surface area contributed by atoms with Crippen LogP contribution < -0.4 is 0 Å². The van der Waals surface area contributed by atoms with Gasteiger partial charge in [-0.1, -0.05) is 11.2 Å². The maximum Gasteiger partial charge on any atom is 0.226 e. The van der Waals surface area contributed by atoms with Crippen molar-refractivity contribution in [2.45, 2.75) is 25.8 Å². The van der Waals surface area contributed by atoms with Crippen LogP contribution in [0.3, 0.4) is 0 Å². The molecule has 0 spiro atoms. The van der Waals surface area contributed by atoms with E-state index in [1.54, 1.807) is 24.3 Å². The van der Waals surface area contributed by atoms with Crippen molar-refractivity contribution in [1.29, 1.82) is 0 Å². The Hall–Kier alpha value is -3.20. The second kappa shape index (κ2) is 8.22. The van der Waals surface area contributed by atoms with E-state index in [4.69, 9.17) is 4.52 Å². The third-order valence-electron chi connectivity index (χ3n) is 4.33. The number of nitrogens with zero attached hydrogens (tertiary/aromatic N) is 6. The molecule has 0 atom stereocenters. The number of carbonyl (C=O) groups excluding carboxylic acids is 1. The summed E-state index contributed by atoms with van der Waals surface area (Å²) in [5.41, 5.74) is 3.59. The molecule has 0 bridgehead atoms. The van der Waals surface area contributed by atoms with Gasteiger partial charge >= 0.3 is 0 Å². The van der Waals surface area contributed by atoms with E-state index >= 15 is 0 Å². The van der Waals surface area contributed by atoms with Crippen LogP contribution in [0.2, 0.25) is 0 Å². The first kappa shape index (κ1) is 18.2. The molecule has 4 aromatic rings. The minimum Gasteiger partial charge on any atom is -0.341 e. The number of pyridine rings is 1. The van der Waals surface area contributed by atoms with Crippen LogP contribution in [0.4, 0.5) is 0 Å². The predicted molar refractivity (Wildman–Crippen MR) is 104 cm³/mol. The lowest BCUT2D eigenvalue weighted by Crippen LogP contribution is -2.26. The smallest absolute Gasteiger partial charge is 0.226 e. The standard InChI is InChI=1S/C19H18N6O2S/c1-25(12-13-7-8-15-16(10-13)24-28-23-15)18(26)6-2-5-17-21-19(22-27-17)14-4-3-9-20-11-14/h3-4,7-11H,2,5-6,12H2,1H3. The predicted octanol–water partition coefficient (Wildman–Crippen LogP) is 3.12. The number of rotatable bonds is 7. The van der Waals surface area contributed by atoms with Gasteiger partial charge in [-0.05, 0) is 36.2 Å². The maximum absolute atomic E-state index is 12.4. The molecular formula is C19H18N6O2S. The molecule has 0 aliphatic carbocycles. The summed E-state index contributed by atoms with van der Waals surface area (Å²) >= 11 is 1.19. The highest BCUT2D eigenvalue weighted by Gasteiger charge is 2.13. The fourth-order valence-electron chi connectivity index (χ4n) is 2.84. The van der Waals surface area contributed by atoms with Crippen LogP contribution in [0.5, 0.6) is 0 Å². The Balaban J connectivity index is 1.27. The lowest BCUT2D eigenvalue weighted by molar-refractivity contribution is -0.130. The van der Waals surface area contributed by atoms with Crippen LogP contribution >= 0.6 is 11.7 Å². The van der Waals surface area contributed by atoms with Crippen LogP contribution in [-0.2, 0) is 17.8 Å². The summed E-state index contributed by atoms with van der Waals surface area (Å²) in [6.45, 7) is 0.540. The number of aromatic nitrogens is 5. The zero-order chi connectivity index (χ0) is 19.3. The molecule has 28 heavy (non-hydrogen) atoms. The summed E-state index contributed by atoms with van der Waals surface area (Å²) in [6, 6.07) is 9.58. The van der Waals surface area contributed by atoms with E-state index in [9.17, 15) is 4.79 Å². The molecule has 0 aliphatic heterocycles. The highest BCUT2D eigenvalue weighted by Crippen LogP contribution is 2.16. The van der Waals surface area contributed by atoms with Gasteiger partial charge in [-0.3, -0.25) is 9.78 Å². The molecule has 1 amide bonds. The molecule has 0 radical (unpaired) electrons. The number of hydrogen-bond acceptors (Lipinski definition) is 8. The number of amides is 1. The van der Waals surface area contributed by atoms with Crippen molar-refractivity contribution in [2.75, 3.05) is 7.05 Å². The third-order valence-corrected chi connectivity index (χ3v) is 4.89. The van der Waals surface area contributed by atoms with Crippen molar-refractivity contribution < 1.29 is 9.32 Å². The molecule has 0 unspecified atom stereocenters. The molecule has 0 saturated carbocycles. The number of aryl methyl sites for hydroxylation is 1. The zero-order valence-corrected chi connectivity index (χ0v) is 16.1. The largest absolute Gasteiger partial charge is 0.341 e. The molecule has 3 aromatic heterocycles. The van der Waals surface area contributed by atoms with E-state index in [1.165, 1.54) is 11.7 Å². The molecule has 3 heterocycles. The third kappa shape index (κ3) is 4.20. The van der Waals surface area contributed by atoms with Gasteiger partial charge in [0.25, 0.3) is 0 Å². The van der Waals surface area contributed by atoms with Gasteiger partial charge in [-0.25, -0.2) is 0 Å². The molecule has 9 heteroatoms. The number of hydrogen-bond donors (Lipinski definition) is 0. The van der Waals surface area contributed by atoms with Crippen LogP contribution in [0.25, 0.3) is 22.4 Å². The van der Waals surface area contributed by atoms with E-state index < -0.39 is 0 Å². The Morgan fingerprint density at radius 1 is 1.21 bits per heavy atom. The van der Waals surface area contributed by atoms with Crippen molar-refractivity contribution in [3.8, 4) is 11.4 Å². The van der Waals surface area contributed by atoms with Crippen molar-refractivity contribution >= 4 is 28.7 Å². The first-order valence-corrected chi connectivity index (χ1v) is 9.60. The SMILES string of the molecule is CN(Cc1ccc2nsnc2c1)C(=O)CCCc1nc(-c2cccnc2)no1. The Bertz CT molecular complexity index is 1080. The van der Waals surface area contributed by atoms with Gasteiger partial charge in [0.15, 0.2) is 0 Å². The number of benzene rings is 1. The van der Waals surface area contributed by atoms with Crippen molar-refractivity contribution in [1.82, 2.24) is 28.8 Å². The molecular weight excluding hydrogens is 376 g/mol. The lowest BCUT2D eigenvalue weighted by Gasteiger charge is -2.17. The Labute approximate surface area is 165 Å². The van der Waals surface area contributed by atoms with Gasteiger partial charge in [0.05, 0.1) is 11.7 Å². The molecule has 4 rings (SSSR count). The van der Waals surface area contributed by atoms with Crippen LogP contribution in [-0.4, -0.2) is 41.7 Å². The molecule has 0 N–H and O–H groups in total. The average molecular weight is 394 g/mol. The summed E-state index contributed by atoms with van der Waals surface area (Å²) in [6.07, 6.45) is 5.00. The van der Waals surface area contributed by atoms with E-state index in [2.05, 4.69) is 23.9 Å². The minimum atomic E-state index is 0.0727. The summed E-state index contributed by atoms with van der Waals surface area (Å²) in [5, 5.41) is 3.96. The second-order valence-electron chi connectivity index (χ2n) is 6.44. The van der Waals surface area contributed by atoms with Gasteiger partial charge < -0.3 is 9.42 Å². The fourth-order valence-corrected chi connectivity index (χ4v) is 3.36. The van der Waals surface area contributed by atoms with Crippen molar-refractivity contribution in [3.63, 3.8) is 0 Å². The Morgan fingerprint density at radius 2 is 2.11 bits per heavy atom. The van der Waals surface area contributed by atoms with Crippen LogP contribution in [0, 0.1) is 0 Å². The van der Waals surface area contributed by atoms with E-state index in [0.717, 1.165) is 22.2 Å². The first-order chi connectivity index (χ1) is 13.7. The van der Waals surface area contributed by atoms with Gasteiger partial charge in [0.1, 0.15) is 11.0 Å². The second-order valence-corrected chi connectivity index (χ2v) is 6.97. The van der Waals surface area contributed by atoms with E-state index in [0.29, 0.717) is 37.5 Å². The minimum absolute atomic E-state index is 0.0727. The van der Waals surface area contributed by atoms with Crippen LogP contribution in [0.15, 0.2) is 47.2 Å². The van der Waals surface area contributed by atoms with Crippen LogP contribution in [0.1, 0.15) is 24.3 Å². The average Bonchev–Trinajstić information content (AvgIpc) is 3.37. The monoisotopic (exact) mass is 394 g/mol. The van der Waals surface area contributed by atoms with Gasteiger partial charge in [-0.15, -0.1) is 0 Å². The molecule has 142 valence electrons. The number of fused-ring (bicyclic) bond motifs is 1. The molecule has 0 saturated heterocycles. The van der Waals surface area contributed by atoms with E-state index in [1.807, 2.05) is 30.3 Å². The van der Waals surface area contributed by atoms with E-state index in [-0.39, 0.29) is 5.91 Å². The fraction of sp³-hybridized carbons (Fsp3) is 0.263. The highest BCUT2D eigenvalue weighted by atomic mass is 32.1. The molecule has 0 aliphatic rings. The first-order valence-electron chi connectivity index (χ1n) is 8.87. The Morgan fingerprint density at radius 3 is 2.96 bits per heavy atom. The molecule has 0 fully saturated rings. The summed E-state index contributed by atoms with van der Waals surface area (Å²) in [5.74, 6) is 1.11. The van der Waals surface area contributed by atoms with Gasteiger partial charge in [0, 0.05) is 44.4 Å². The lowest BCUT2D eigenvalue weighted by atomic mass is 10.1. The van der Waals surface area contributed by atoms with Gasteiger partial charge in [0.2, 0.25) is 17.6 Å². The normalized spacial score (nSPS) is 11.0. The Kier molecular flexibility index (Phi) is 5.34. The summed E-state index contributed by atoms with van der Waals surface area (Å²) < 4.78 is 13.7. The van der Waals surface area contributed by atoms with Gasteiger partial charge in [-0.2, -0.15) is 13.7 Å². The quantitative estimate of drug-likeness (QED) is 0.475.